The number of hydrogen-bond donors (Lipinski definition) is 2. The van der Waals surface area contributed by atoms with E-state index in [1.54, 1.807) is 0 Å². The Labute approximate surface area is 106 Å². The van der Waals surface area contributed by atoms with Crippen molar-refractivity contribution in [3.63, 3.8) is 0 Å². The van der Waals surface area contributed by atoms with Crippen molar-refractivity contribution in [2.45, 2.75) is 64.8 Å². The summed E-state index contributed by atoms with van der Waals surface area (Å²) in [7, 11) is 0. The van der Waals surface area contributed by atoms with Crippen LogP contribution in [0, 0.1) is 11.8 Å². The lowest BCUT2D eigenvalue weighted by atomic mass is 9.76. The predicted molar refractivity (Wildman–Crippen MR) is 71.6 cm³/mol. The molecule has 0 heterocycles. The first-order valence-corrected chi connectivity index (χ1v) is 7.09. The van der Waals surface area contributed by atoms with Crippen LogP contribution in [0.4, 0.5) is 0 Å². The maximum Gasteiger partial charge on any atom is 0.223 e. The third-order valence-corrected chi connectivity index (χ3v) is 4.23. The van der Waals surface area contributed by atoms with Crippen LogP contribution >= 0.6 is 0 Å². The molecule has 17 heavy (non-hydrogen) atoms. The van der Waals surface area contributed by atoms with Crippen LogP contribution in [-0.4, -0.2) is 18.0 Å². The summed E-state index contributed by atoms with van der Waals surface area (Å²) < 4.78 is 0. The quantitative estimate of drug-likeness (QED) is 0.775. The van der Waals surface area contributed by atoms with Crippen molar-refractivity contribution in [3.05, 3.63) is 0 Å². The van der Waals surface area contributed by atoms with Crippen molar-refractivity contribution >= 4 is 5.91 Å². The van der Waals surface area contributed by atoms with Crippen LogP contribution in [0.25, 0.3) is 0 Å². The molecular formula is C14H28N2O. The largest absolute Gasteiger partial charge is 0.349 e. The van der Waals surface area contributed by atoms with E-state index in [2.05, 4.69) is 26.1 Å². The van der Waals surface area contributed by atoms with E-state index < -0.39 is 0 Å². The van der Waals surface area contributed by atoms with Gasteiger partial charge >= 0.3 is 0 Å². The van der Waals surface area contributed by atoms with Gasteiger partial charge in [0.05, 0.1) is 5.54 Å². The van der Waals surface area contributed by atoms with Gasteiger partial charge in [0.15, 0.2) is 0 Å². The highest BCUT2D eigenvalue weighted by atomic mass is 16.2. The zero-order valence-corrected chi connectivity index (χ0v) is 11.6. The minimum atomic E-state index is -0.128. The Morgan fingerprint density at radius 3 is 2.59 bits per heavy atom. The molecule has 1 fully saturated rings. The molecular weight excluding hydrogens is 212 g/mol. The van der Waals surface area contributed by atoms with E-state index in [4.69, 9.17) is 5.73 Å². The van der Waals surface area contributed by atoms with E-state index in [-0.39, 0.29) is 17.4 Å². The summed E-state index contributed by atoms with van der Waals surface area (Å²) >= 11 is 0. The second-order valence-electron chi connectivity index (χ2n) is 5.69. The maximum atomic E-state index is 12.2. The predicted octanol–water partition coefficient (Wildman–Crippen LogP) is 2.45. The van der Waals surface area contributed by atoms with E-state index in [0.717, 1.165) is 25.7 Å². The standard InChI is InChI=1S/C14H28N2O/c1-4-12(5-2)13(17)16-14(10-15)8-6-7-11(3)9-14/h11-12H,4-10,15H2,1-3H3,(H,16,17). The van der Waals surface area contributed by atoms with E-state index in [0.29, 0.717) is 12.5 Å². The average molecular weight is 240 g/mol. The Balaban J connectivity index is 2.64. The lowest BCUT2D eigenvalue weighted by Gasteiger charge is -2.40. The van der Waals surface area contributed by atoms with Crippen LogP contribution in [0.1, 0.15) is 59.3 Å². The van der Waals surface area contributed by atoms with Crippen LogP contribution in [0.5, 0.6) is 0 Å². The summed E-state index contributed by atoms with van der Waals surface area (Å²) in [5.41, 5.74) is 5.79. The minimum absolute atomic E-state index is 0.128. The smallest absolute Gasteiger partial charge is 0.223 e. The normalized spacial score (nSPS) is 29.4. The van der Waals surface area contributed by atoms with Crippen molar-refractivity contribution in [2.24, 2.45) is 17.6 Å². The summed E-state index contributed by atoms with van der Waals surface area (Å²) in [6.07, 6.45) is 6.36. The van der Waals surface area contributed by atoms with Gasteiger partial charge in [-0.1, -0.05) is 33.6 Å². The first kappa shape index (κ1) is 14.5. The molecule has 2 unspecified atom stereocenters. The van der Waals surface area contributed by atoms with Gasteiger partial charge in [-0.05, 0) is 31.6 Å². The molecule has 0 aliphatic heterocycles. The summed E-state index contributed by atoms with van der Waals surface area (Å²) in [6, 6.07) is 0. The molecule has 0 aromatic heterocycles. The molecule has 1 amide bonds. The van der Waals surface area contributed by atoms with Crippen molar-refractivity contribution in [1.29, 1.82) is 0 Å². The van der Waals surface area contributed by atoms with Gasteiger partial charge in [0.25, 0.3) is 0 Å². The van der Waals surface area contributed by atoms with Crippen LogP contribution in [-0.2, 0) is 4.79 Å². The van der Waals surface area contributed by atoms with Gasteiger partial charge in [0.1, 0.15) is 0 Å². The molecule has 0 saturated heterocycles. The molecule has 2 atom stereocenters. The SMILES string of the molecule is CCC(CC)C(=O)NC1(CN)CCCC(C)C1. The van der Waals surface area contributed by atoms with Gasteiger partial charge in [-0.3, -0.25) is 4.79 Å². The fourth-order valence-corrected chi connectivity index (χ4v) is 3.03. The monoisotopic (exact) mass is 240 g/mol. The highest BCUT2D eigenvalue weighted by Crippen LogP contribution is 2.32. The molecule has 0 bridgehead atoms. The molecule has 3 nitrogen and oxygen atoms in total. The summed E-state index contributed by atoms with van der Waals surface area (Å²) in [6.45, 7) is 6.98. The molecule has 0 aromatic carbocycles. The number of amides is 1. The number of rotatable bonds is 5. The molecule has 0 spiro atoms. The van der Waals surface area contributed by atoms with E-state index in [1.165, 1.54) is 12.8 Å². The molecule has 0 aromatic rings. The Bertz CT molecular complexity index is 251. The first-order valence-electron chi connectivity index (χ1n) is 7.09. The van der Waals surface area contributed by atoms with E-state index in [9.17, 15) is 4.79 Å². The zero-order valence-electron chi connectivity index (χ0n) is 11.6. The molecule has 1 aliphatic carbocycles. The summed E-state index contributed by atoms with van der Waals surface area (Å²) in [5.74, 6) is 1.03. The van der Waals surface area contributed by atoms with E-state index in [1.807, 2.05) is 0 Å². The molecule has 0 radical (unpaired) electrons. The fraction of sp³-hybridized carbons (Fsp3) is 0.929. The zero-order chi connectivity index (χ0) is 12.9. The van der Waals surface area contributed by atoms with Gasteiger partial charge in [0, 0.05) is 12.5 Å². The van der Waals surface area contributed by atoms with Gasteiger partial charge < -0.3 is 11.1 Å². The first-order chi connectivity index (χ1) is 8.06. The molecule has 100 valence electrons. The Kier molecular flexibility index (Phi) is 5.44. The molecule has 1 rings (SSSR count). The highest BCUT2D eigenvalue weighted by Gasteiger charge is 2.35. The van der Waals surface area contributed by atoms with E-state index >= 15 is 0 Å². The lowest BCUT2D eigenvalue weighted by molar-refractivity contribution is -0.127. The van der Waals surface area contributed by atoms with Crippen molar-refractivity contribution in [3.8, 4) is 0 Å². The van der Waals surface area contributed by atoms with Crippen LogP contribution in [0.15, 0.2) is 0 Å². The third-order valence-electron chi connectivity index (χ3n) is 4.23. The minimum Gasteiger partial charge on any atom is -0.349 e. The van der Waals surface area contributed by atoms with Gasteiger partial charge in [0.2, 0.25) is 5.91 Å². The Morgan fingerprint density at radius 1 is 1.47 bits per heavy atom. The summed E-state index contributed by atoms with van der Waals surface area (Å²) in [5, 5.41) is 3.25. The number of carbonyl (C=O) groups excluding carboxylic acids is 1. The molecule has 3 heteroatoms. The van der Waals surface area contributed by atoms with Gasteiger partial charge in [-0.15, -0.1) is 0 Å². The topological polar surface area (TPSA) is 55.1 Å². The number of nitrogens with two attached hydrogens (primary N) is 1. The number of carbonyl (C=O) groups is 1. The van der Waals surface area contributed by atoms with Gasteiger partial charge in [-0.25, -0.2) is 0 Å². The Hall–Kier alpha value is -0.570. The fourth-order valence-electron chi connectivity index (χ4n) is 3.03. The van der Waals surface area contributed by atoms with Crippen molar-refractivity contribution in [2.75, 3.05) is 6.54 Å². The summed E-state index contributed by atoms with van der Waals surface area (Å²) in [4.78, 5) is 12.2. The lowest BCUT2D eigenvalue weighted by Crippen LogP contribution is -2.57. The van der Waals surface area contributed by atoms with Gasteiger partial charge in [-0.2, -0.15) is 0 Å². The van der Waals surface area contributed by atoms with Crippen LogP contribution < -0.4 is 11.1 Å². The molecule has 1 aliphatic rings. The van der Waals surface area contributed by atoms with Crippen molar-refractivity contribution < 1.29 is 4.79 Å². The second kappa shape index (κ2) is 6.39. The number of nitrogens with one attached hydrogen (secondary N) is 1. The second-order valence-corrected chi connectivity index (χ2v) is 5.69. The third kappa shape index (κ3) is 3.70. The number of hydrogen-bond acceptors (Lipinski definition) is 2. The molecule has 1 saturated carbocycles. The Morgan fingerprint density at radius 2 is 2.12 bits per heavy atom. The average Bonchev–Trinajstić information content (AvgIpc) is 2.30. The van der Waals surface area contributed by atoms with Crippen molar-refractivity contribution in [1.82, 2.24) is 5.32 Å². The van der Waals surface area contributed by atoms with Crippen LogP contribution in [0.3, 0.4) is 0 Å². The molecule has 3 N–H and O–H groups in total. The maximum absolute atomic E-state index is 12.2. The highest BCUT2D eigenvalue weighted by molar-refractivity contribution is 5.79. The van der Waals surface area contributed by atoms with Crippen LogP contribution in [0.2, 0.25) is 0 Å².